The van der Waals surface area contributed by atoms with E-state index in [1.165, 1.54) is 11.3 Å². The van der Waals surface area contributed by atoms with Crippen molar-refractivity contribution >= 4 is 21.6 Å². The van der Waals surface area contributed by atoms with Gasteiger partial charge in [-0.15, -0.1) is 0 Å². The topological polar surface area (TPSA) is 23.5 Å². The van der Waals surface area contributed by atoms with Gasteiger partial charge in [-0.25, -0.2) is 0 Å². The molecule has 20 heavy (non-hydrogen) atoms. The van der Waals surface area contributed by atoms with Crippen LogP contribution in [0.2, 0.25) is 0 Å². The van der Waals surface area contributed by atoms with Crippen molar-refractivity contribution in [1.82, 2.24) is 0 Å². The van der Waals surface area contributed by atoms with Gasteiger partial charge in [0.05, 0.1) is 6.10 Å². The summed E-state index contributed by atoms with van der Waals surface area (Å²) in [5, 5.41) is 10.5. The molecular weight excluding hydrogens is 314 g/mol. The predicted octanol–water partition coefficient (Wildman–Crippen LogP) is 3.72. The standard InChI is InChI=1S/C17H18BrNO/c1-19-9-8-13-10-14(6-7-16(13)19)17(20)11-12-4-2-3-5-15(12)18/h2-7,10,17,20H,8-9,11H2,1H3. The number of anilines is 1. The van der Waals surface area contributed by atoms with Crippen LogP contribution in [0.5, 0.6) is 0 Å². The quantitative estimate of drug-likeness (QED) is 0.926. The third-order valence-corrected chi connectivity index (χ3v) is 4.76. The minimum atomic E-state index is -0.454. The van der Waals surface area contributed by atoms with Gasteiger partial charge in [-0.05, 0) is 35.2 Å². The fourth-order valence-corrected chi connectivity index (χ4v) is 3.23. The Labute approximate surface area is 128 Å². The minimum absolute atomic E-state index is 0.454. The van der Waals surface area contributed by atoms with Crippen LogP contribution in [0, 0.1) is 0 Å². The van der Waals surface area contributed by atoms with Crippen molar-refractivity contribution in [3.63, 3.8) is 0 Å². The smallest absolute Gasteiger partial charge is 0.0830 e. The van der Waals surface area contributed by atoms with Crippen LogP contribution in [0.4, 0.5) is 5.69 Å². The maximum atomic E-state index is 10.5. The molecule has 1 heterocycles. The summed E-state index contributed by atoms with van der Waals surface area (Å²) in [4.78, 5) is 2.26. The van der Waals surface area contributed by atoms with Gasteiger partial charge >= 0.3 is 0 Å². The molecule has 0 aliphatic carbocycles. The van der Waals surface area contributed by atoms with Crippen LogP contribution < -0.4 is 4.90 Å². The van der Waals surface area contributed by atoms with E-state index in [0.29, 0.717) is 6.42 Å². The molecule has 1 N–H and O–H groups in total. The van der Waals surface area contributed by atoms with Crippen molar-refractivity contribution in [2.24, 2.45) is 0 Å². The van der Waals surface area contributed by atoms with Gasteiger partial charge in [-0.3, -0.25) is 0 Å². The molecule has 1 aliphatic heterocycles. The Kier molecular flexibility index (Phi) is 3.81. The average molecular weight is 332 g/mol. The third-order valence-electron chi connectivity index (χ3n) is 3.99. The van der Waals surface area contributed by atoms with E-state index in [2.05, 4.69) is 46.1 Å². The fourth-order valence-electron chi connectivity index (χ4n) is 2.78. The van der Waals surface area contributed by atoms with Gasteiger partial charge in [0.2, 0.25) is 0 Å². The molecule has 0 bridgehead atoms. The summed E-state index contributed by atoms with van der Waals surface area (Å²) in [5.74, 6) is 0. The zero-order valence-corrected chi connectivity index (χ0v) is 13.1. The van der Waals surface area contributed by atoms with Gasteiger partial charge in [-0.1, -0.05) is 46.3 Å². The summed E-state index contributed by atoms with van der Waals surface area (Å²) < 4.78 is 1.06. The largest absolute Gasteiger partial charge is 0.388 e. The zero-order chi connectivity index (χ0) is 14.1. The van der Waals surface area contributed by atoms with Gasteiger partial charge < -0.3 is 10.0 Å². The lowest BCUT2D eigenvalue weighted by Crippen LogP contribution is -2.12. The van der Waals surface area contributed by atoms with Crippen LogP contribution in [-0.4, -0.2) is 18.7 Å². The van der Waals surface area contributed by atoms with Crippen LogP contribution >= 0.6 is 15.9 Å². The molecule has 0 aromatic heterocycles. The number of likely N-dealkylation sites (N-methyl/N-ethyl adjacent to an activating group) is 1. The SMILES string of the molecule is CN1CCc2cc(C(O)Cc3ccccc3Br)ccc21. The third kappa shape index (κ3) is 2.60. The number of nitrogens with zero attached hydrogens (tertiary/aromatic N) is 1. The summed E-state index contributed by atoms with van der Waals surface area (Å²) in [7, 11) is 2.11. The van der Waals surface area contributed by atoms with Gasteiger partial charge in [-0.2, -0.15) is 0 Å². The van der Waals surface area contributed by atoms with Crippen LogP contribution in [0.15, 0.2) is 46.9 Å². The number of benzene rings is 2. The van der Waals surface area contributed by atoms with Crippen LogP contribution in [0.25, 0.3) is 0 Å². The molecule has 3 rings (SSSR count). The number of hydrogen-bond donors (Lipinski definition) is 1. The molecule has 2 aromatic carbocycles. The summed E-state index contributed by atoms with van der Waals surface area (Å²) in [6.45, 7) is 1.07. The van der Waals surface area contributed by atoms with Gasteiger partial charge in [0.15, 0.2) is 0 Å². The highest BCUT2D eigenvalue weighted by Gasteiger charge is 2.18. The van der Waals surface area contributed by atoms with Crippen molar-refractivity contribution in [3.8, 4) is 0 Å². The normalized spacial score (nSPS) is 15.2. The summed E-state index contributed by atoms with van der Waals surface area (Å²) in [6.07, 6.45) is 1.25. The predicted molar refractivity (Wildman–Crippen MR) is 86.2 cm³/mol. The molecule has 0 fully saturated rings. The molecule has 1 aliphatic rings. The second-order valence-corrected chi connectivity index (χ2v) is 6.23. The summed E-state index contributed by atoms with van der Waals surface area (Å²) >= 11 is 3.54. The molecule has 0 saturated carbocycles. The first-order valence-electron chi connectivity index (χ1n) is 6.90. The van der Waals surface area contributed by atoms with Crippen molar-refractivity contribution in [3.05, 3.63) is 63.6 Å². The van der Waals surface area contributed by atoms with E-state index >= 15 is 0 Å². The number of rotatable bonds is 3. The van der Waals surface area contributed by atoms with Crippen molar-refractivity contribution in [1.29, 1.82) is 0 Å². The molecule has 0 amide bonds. The van der Waals surface area contributed by atoms with E-state index in [9.17, 15) is 5.11 Å². The summed E-state index contributed by atoms with van der Waals surface area (Å²) in [6, 6.07) is 14.4. The van der Waals surface area contributed by atoms with Crippen molar-refractivity contribution < 1.29 is 5.11 Å². The fraction of sp³-hybridized carbons (Fsp3) is 0.294. The van der Waals surface area contributed by atoms with E-state index in [4.69, 9.17) is 0 Å². The molecule has 2 nitrogen and oxygen atoms in total. The highest BCUT2D eigenvalue weighted by Crippen LogP contribution is 2.31. The Morgan fingerprint density at radius 1 is 1.25 bits per heavy atom. The Morgan fingerprint density at radius 3 is 2.85 bits per heavy atom. The molecule has 2 aromatic rings. The number of aliphatic hydroxyl groups excluding tert-OH is 1. The monoisotopic (exact) mass is 331 g/mol. The van der Waals surface area contributed by atoms with Crippen LogP contribution in [-0.2, 0) is 12.8 Å². The molecular formula is C17H18BrNO. The lowest BCUT2D eigenvalue weighted by Gasteiger charge is -2.15. The Balaban J connectivity index is 1.81. The maximum absolute atomic E-state index is 10.5. The molecule has 0 spiro atoms. The van der Waals surface area contributed by atoms with E-state index < -0.39 is 6.10 Å². The number of fused-ring (bicyclic) bond motifs is 1. The minimum Gasteiger partial charge on any atom is -0.388 e. The van der Waals surface area contributed by atoms with Gasteiger partial charge in [0.25, 0.3) is 0 Å². The molecule has 0 radical (unpaired) electrons. The molecule has 0 saturated heterocycles. The Hall–Kier alpha value is -1.32. The van der Waals surface area contributed by atoms with E-state index in [-0.39, 0.29) is 0 Å². The second-order valence-electron chi connectivity index (χ2n) is 5.37. The molecule has 104 valence electrons. The summed E-state index contributed by atoms with van der Waals surface area (Å²) in [5.41, 5.74) is 4.78. The molecule has 3 heteroatoms. The second kappa shape index (κ2) is 5.58. The van der Waals surface area contributed by atoms with Crippen molar-refractivity contribution in [2.75, 3.05) is 18.5 Å². The highest BCUT2D eigenvalue weighted by molar-refractivity contribution is 9.10. The zero-order valence-electron chi connectivity index (χ0n) is 11.5. The Bertz CT molecular complexity index is 626. The first-order valence-corrected chi connectivity index (χ1v) is 7.70. The van der Waals surface area contributed by atoms with Crippen LogP contribution in [0.3, 0.4) is 0 Å². The maximum Gasteiger partial charge on any atom is 0.0830 e. The highest BCUT2D eigenvalue weighted by atomic mass is 79.9. The van der Waals surface area contributed by atoms with Gasteiger partial charge in [0.1, 0.15) is 0 Å². The number of aliphatic hydroxyl groups is 1. The number of halogens is 1. The van der Waals surface area contributed by atoms with E-state index in [0.717, 1.165) is 28.6 Å². The molecule has 1 atom stereocenters. The first kappa shape index (κ1) is 13.7. The van der Waals surface area contributed by atoms with E-state index in [1.807, 2.05) is 24.3 Å². The average Bonchev–Trinajstić information content (AvgIpc) is 2.82. The number of hydrogen-bond acceptors (Lipinski definition) is 2. The van der Waals surface area contributed by atoms with E-state index in [1.54, 1.807) is 0 Å². The lowest BCUT2D eigenvalue weighted by molar-refractivity contribution is 0.178. The van der Waals surface area contributed by atoms with Crippen molar-refractivity contribution in [2.45, 2.75) is 18.9 Å². The lowest BCUT2D eigenvalue weighted by atomic mass is 9.99. The Morgan fingerprint density at radius 2 is 2.05 bits per heavy atom. The first-order chi connectivity index (χ1) is 9.65. The molecule has 1 unspecified atom stereocenters. The van der Waals surface area contributed by atoms with Gasteiger partial charge in [0, 0.05) is 30.2 Å². The van der Waals surface area contributed by atoms with Crippen LogP contribution in [0.1, 0.15) is 22.8 Å².